The van der Waals surface area contributed by atoms with E-state index >= 15 is 0 Å². The highest BCUT2D eigenvalue weighted by Gasteiger charge is 2.48. The van der Waals surface area contributed by atoms with Crippen LogP contribution in [-0.2, 0) is 10.8 Å². The Bertz CT molecular complexity index is 4600. The van der Waals surface area contributed by atoms with Crippen LogP contribution in [0.2, 0.25) is 0 Å². The molecule has 0 N–H and O–H groups in total. The average Bonchev–Trinajstić information content (AvgIpc) is 2.73. The van der Waals surface area contributed by atoms with Gasteiger partial charge < -0.3 is 9.13 Å². The van der Waals surface area contributed by atoms with Crippen molar-refractivity contribution in [3.8, 4) is 44.8 Å². The molecule has 2 saturated carbocycles. The number of para-hydroxylation sites is 2. The van der Waals surface area contributed by atoms with E-state index in [0.29, 0.717) is 11.8 Å². The van der Waals surface area contributed by atoms with E-state index < -0.39 is 10.8 Å². The highest BCUT2D eigenvalue weighted by atomic mass is 15.0. The van der Waals surface area contributed by atoms with Crippen molar-refractivity contribution in [1.82, 2.24) is 9.13 Å². The van der Waals surface area contributed by atoms with Gasteiger partial charge in [-0.25, -0.2) is 0 Å². The van der Waals surface area contributed by atoms with Crippen LogP contribution in [0.3, 0.4) is 0 Å². The molecule has 2 fully saturated rings. The smallest absolute Gasteiger partial charge is 0.0713 e. The molecule has 2 heteroatoms. The van der Waals surface area contributed by atoms with Gasteiger partial charge in [0.25, 0.3) is 0 Å². The van der Waals surface area contributed by atoms with Crippen LogP contribution < -0.4 is 0 Å². The van der Waals surface area contributed by atoms with E-state index in [1.54, 1.807) is 0 Å². The Hall–Kier alpha value is -9.76. The molecule has 0 atom stereocenters. The first-order valence-electron chi connectivity index (χ1n) is 31.5. The van der Waals surface area contributed by atoms with E-state index in [9.17, 15) is 0 Å². The largest absolute Gasteiger partial charge is 0.309 e. The zero-order chi connectivity index (χ0) is 56.5. The van der Waals surface area contributed by atoms with E-state index in [1.807, 2.05) is 0 Å². The topological polar surface area (TPSA) is 9.86 Å². The molecule has 18 rings (SSSR count). The van der Waals surface area contributed by atoms with Gasteiger partial charge in [-0.3, -0.25) is 0 Å². The number of fused-ring (bicyclic) bond motifs is 12. The summed E-state index contributed by atoms with van der Waals surface area (Å²) in [7, 11) is 0. The maximum atomic E-state index is 2.56. The Balaban J connectivity index is 0.868. The Labute approximate surface area is 503 Å². The lowest BCUT2D eigenvalue weighted by atomic mass is 9.67. The van der Waals surface area contributed by atoms with Crippen LogP contribution >= 0.6 is 0 Å². The summed E-state index contributed by atoms with van der Waals surface area (Å²) < 4.78 is 5.12. The zero-order valence-corrected chi connectivity index (χ0v) is 48.3. The second kappa shape index (κ2) is 19.4. The van der Waals surface area contributed by atoms with E-state index in [-0.39, 0.29) is 0 Å². The van der Waals surface area contributed by atoms with Gasteiger partial charge >= 0.3 is 0 Å². The molecular weight excluding hydrogens is 1040 g/mol. The molecule has 2 aromatic heterocycles. The molecule has 0 aliphatic heterocycles. The van der Waals surface area contributed by atoms with E-state index in [0.717, 1.165) is 0 Å². The number of nitrogens with zero attached hydrogens (tertiary/aromatic N) is 2. The fraction of sp³-hybridized carbons (Fsp3) is 0.143. The maximum Gasteiger partial charge on any atom is 0.0713 e. The Morgan fingerprint density at radius 3 is 0.942 bits per heavy atom. The first kappa shape index (κ1) is 49.6. The molecule has 0 spiro atoms. The van der Waals surface area contributed by atoms with Crippen LogP contribution in [0.5, 0.6) is 0 Å². The summed E-state index contributed by atoms with van der Waals surface area (Å²) in [5, 5.41) is 5.21. The third-order valence-electron chi connectivity index (χ3n) is 21.0. The van der Waals surface area contributed by atoms with Crippen molar-refractivity contribution in [3.05, 3.63) is 335 Å². The molecule has 2 heterocycles. The molecule has 0 radical (unpaired) electrons. The number of hydrogen-bond acceptors (Lipinski definition) is 0. The third kappa shape index (κ3) is 7.14. The van der Waals surface area contributed by atoms with Crippen molar-refractivity contribution < 1.29 is 0 Å². The van der Waals surface area contributed by atoms with Gasteiger partial charge in [-0.1, -0.05) is 244 Å². The summed E-state index contributed by atoms with van der Waals surface area (Å²) in [5.74, 6) is 1.23. The maximum absolute atomic E-state index is 2.56. The van der Waals surface area contributed by atoms with Gasteiger partial charge in [0.15, 0.2) is 0 Å². The Morgan fingerprint density at radius 2 is 0.570 bits per heavy atom. The van der Waals surface area contributed by atoms with Crippen molar-refractivity contribution in [2.45, 2.75) is 74.0 Å². The van der Waals surface area contributed by atoms with Gasteiger partial charge in [0.05, 0.1) is 32.9 Å². The van der Waals surface area contributed by atoms with Crippen molar-refractivity contribution >= 4 is 43.6 Å². The SMILES string of the molecule is c1ccc(C2(c3ccccc3)c3ccc(-c4ccc5c(c4)-c4cc(-n6c7ccccc7c7ccc(C8CCCC8)cc76)ccc4C5(c4ccccc4)c4ccccc4)cc3-c3cc(-n4c5ccccc5c5ccc(C6CCCC6)cc54)ccc32)cc1. The average molecular weight is 1100 g/mol. The van der Waals surface area contributed by atoms with Crippen LogP contribution in [0.1, 0.15) is 119 Å². The quantitative estimate of drug-likeness (QED) is 0.136. The Kier molecular flexibility index (Phi) is 11.2. The summed E-state index contributed by atoms with van der Waals surface area (Å²) in [5.41, 5.74) is 27.1. The first-order chi connectivity index (χ1) is 42.6. The lowest BCUT2D eigenvalue weighted by molar-refractivity contribution is 0.724. The number of hydrogen-bond donors (Lipinski definition) is 0. The van der Waals surface area contributed by atoms with Crippen LogP contribution in [0.15, 0.2) is 279 Å². The lowest BCUT2D eigenvalue weighted by Gasteiger charge is -2.34. The second-order valence-corrected chi connectivity index (χ2v) is 25.2. The summed E-state index contributed by atoms with van der Waals surface area (Å²) in [4.78, 5) is 0. The van der Waals surface area contributed by atoms with Crippen molar-refractivity contribution in [2.24, 2.45) is 0 Å². The highest BCUT2D eigenvalue weighted by molar-refractivity contribution is 6.11. The van der Waals surface area contributed by atoms with Crippen LogP contribution in [0.4, 0.5) is 0 Å². The number of aromatic nitrogens is 2. The molecule has 14 aromatic rings. The van der Waals surface area contributed by atoms with E-state index in [1.165, 1.54) is 195 Å². The van der Waals surface area contributed by atoms with Crippen molar-refractivity contribution in [1.29, 1.82) is 0 Å². The molecule has 0 amide bonds. The monoisotopic (exact) mass is 1100 g/mol. The molecule has 0 bridgehead atoms. The van der Waals surface area contributed by atoms with Crippen LogP contribution in [0.25, 0.3) is 88.4 Å². The zero-order valence-electron chi connectivity index (χ0n) is 48.3. The predicted molar refractivity (Wildman–Crippen MR) is 358 cm³/mol. The van der Waals surface area contributed by atoms with Gasteiger partial charge in [-0.2, -0.15) is 0 Å². The normalized spacial score (nSPS) is 15.9. The number of benzene rings is 12. The molecule has 2 nitrogen and oxygen atoms in total. The van der Waals surface area contributed by atoms with Gasteiger partial charge in [-0.15, -0.1) is 0 Å². The van der Waals surface area contributed by atoms with Gasteiger partial charge in [-0.05, 0) is 187 Å². The molecule has 0 unspecified atom stereocenters. The summed E-state index contributed by atoms with van der Waals surface area (Å²) in [6, 6.07) is 108. The summed E-state index contributed by atoms with van der Waals surface area (Å²) >= 11 is 0. The molecule has 86 heavy (non-hydrogen) atoms. The first-order valence-corrected chi connectivity index (χ1v) is 31.5. The predicted octanol–water partition coefficient (Wildman–Crippen LogP) is 21.6. The van der Waals surface area contributed by atoms with Crippen molar-refractivity contribution in [3.63, 3.8) is 0 Å². The van der Waals surface area contributed by atoms with Gasteiger partial charge in [0, 0.05) is 32.9 Å². The van der Waals surface area contributed by atoms with Crippen molar-refractivity contribution in [2.75, 3.05) is 0 Å². The van der Waals surface area contributed by atoms with Crippen LogP contribution in [-0.4, -0.2) is 9.13 Å². The Morgan fingerprint density at radius 1 is 0.256 bits per heavy atom. The van der Waals surface area contributed by atoms with E-state index in [2.05, 4.69) is 288 Å². The van der Waals surface area contributed by atoms with Gasteiger partial charge in [0.1, 0.15) is 0 Å². The van der Waals surface area contributed by atoms with E-state index in [4.69, 9.17) is 0 Å². The van der Waals surface area contributed by atoms with Gasteiger partial charge in [0.2, 0.25) is 0 Å². The minimum absolute atomic E-state index is 0.552. The minimum Gasteiger partial charge on any atom is -0.309 e. The molecule has 4 aliphatic rings. The number of rotatable bonds is 9. The molecule has 410 valence electrons. The molecule has 12 aromatic carbocycles. The third-order valence-corrected chi connectivity index (χ3v) is 21.0. The lowest BCUT2D eigenvalue weighted by Crippen LogP contribution is -2.28. The fourth-order valence-corrected chi connectivity index (χ4v) is 17.2. The van der Waals surface area contributed by atoms with Crippen LogP contribution in [0, 0.1) is 0 Å². The highest BCUT2D eigenvalue weighted by Crippen LogP contribution is 2.60. The summed E-state index contributed by atoms with van der Waals surface area (Å²) in [6.07, 6.45) is 10.3. The standard InChI is InChI=1S/C84H64N2/c1-5-25-61(26-6-1)83(62-27-7-2-8-28-62)75-45-39-57(49-71(75)73-53-65(41-47-77(73)83)85-79-35-19-17-33-67(79)69-43-37-59(51-81(69)85)55-21-13-14-22-55)58-40-46-76-72(50-58)74-54-66(42-48-78(74)84(76,63-29-9-3-10-30-63)64-31-11-4-12-32-64)86-80-36-20-18-34-68(80)70-44-38-60(52-82(70)86)56-23-15-16-24-56/h1-12,17-20,25-56H,13-16,21-24H2. The fourth-order valence-electron chi connectivity index (χ4n) is 17.2. The summed E-state index contributed by atoms with van der Waals surface area (Å²) in [6.45, 7) is 0. The second-order valence-electron chi connectivity index (χ2n) is 25.2. The molecule has 0 saturated heterocycles. The molecular formula is C84H64N2. The molecule has 4 aliphatic carbocycles. The minimum atomic E-state index is -0.552.